The molecule has 0 bridgehead atoms. The molecule has 6 nitrogen and oxygen atoms in total. The van der Waals surface area contributed by atoms with Crippen molar-refractivity contribution in [3.8, 4) is 5.75 Å². The molecule has 54 heavy (non-hydrogen) atoms. The topological polar surface area (TPSA) is 54.4 Å². The fourth-order valence-corrected chi connectivity index (χ4v) is 7.18. The van der Waals surface area contributed by atoms with Gasteiger partial charge in [-0.25, -0.2) is 4.99 Å². The van der Waals surface area contributed by atoms with Crippen LogP contribution in [0.25, 0.3) is 0 Å². The summed E-state index contributed by atoms with van der Waals surface area (Å²) in [7, 11) is 0. The van der Waals surface area contributed by atoms with Crippen molar-refractivity contribution in [2.75, 3.05) is 50.2 Å². The van der Waals surface area contributed by atoms with E-state index in [1.165, 1.54) is 30.2 Å². The summed E-state index contributed by atoms with van der Waals surface area (Å²) < 4.78 is 12.0. The minimum Gasteiger partial charge on any atom is -0.494 e. The summed E-state index contributed by atoms with van der Waals surface area (Å²) in [6, 6.07) is 12.0. The highest BCUT2D eigenvalue weighted by Crippen LogP contribution is 2.33. The third kappa shape index (κ3) is 17.1. The maximum absolute atomic E-state index is 12.4. The predicted molar refractivity (Wildman–Crippen MR) is 233 cm³/mol. The van der Waals surface area contributed by atoms with E-state index in [0.717, 1.165) is 114 Å². The van der Waals surface area contributed by atoms with Gasteiger partial charge < -0.3 is 14.4 Å². The molecule has 292 valence electrons. The lowest BCUT2D eigenvalue weighted by molar-refractivity contribution is -0.111. The van der Waals surface area contributed by atoms with E-state index in [4.69, 9.17) is 37.7 Å². The number of ether oxygens (including phenoxy) is 2. The number of thioether (sulfide) groups is 1. The first-order valence-corrected chi connectivity index (χ1v) is 21.6. The van der Waals surface area contributed by atoms with Crippen LogP contribution in [0.1, 0.15) is 89.5 Å². The Labute approximate surface area is 339 Å². The van der Waals surface area contributed by atoms with Crippen molar-refractivity contribution < 1.29 is 14.3 Å². The molecule has 0 spiro atoms. The molecule has 2 aliphatic rings. The van der Waals surface area contributed by atoms with Gasteiger partial charge in [-0.05, 0) is 106 Å². The molecule has 2 heterocycles. The molecule has 0 atom stereocenters. The minimum atomic E-state index is 0.162. The van der Waals surface area contributed by atoms with Crippen LogP contribution in [0.15, 0.2) is 102 Å². The van der Waals surface area contributed by atoms with Gasteiger partial charge in [0.2, 0.25) is 0 Å². The Kier molecular flexibility index (Phi) is 21.4. The van der Waals surface area contributed by atoms with Crippen LogP contribution in [0, 0.1) is 0 Å². The largest absolute Gasteiger partial charge is 0.494 e. The van der Waals surface area contributed by atoms with E-state index in [0.29, 0.717) is 34.9 Å². The summed E-state index contributed by atoms with van der Waals surface area (Å²) >= 11 is 13.9. The van der Waals surface area contributed by atoms with Crippen LogP contribution in [0.5, 0.6) is 5.75 Å². The molecule has 0 aromatic heterocycles. The molecular formula is C45H59Cl2N3O3S. The summed E-state index contributed by atoms with van der Waals surface area (Å²) in [5.74, 6) is 1.82. The van der Waals surface area contributed by atoms with Crippen molar-refractivity contribution in [3.05, 3.63) is 113 Å². The number of allylic oxidation sites excluding steroid dienone is 10. The fourth-order valence-electron chi connectivity index (χ4n) is 6.15. The first-order valence-electron chi connectivity index (χ1n) is 19.8. The van der Waals surface area contributed by atoms with Gasteiger partial charge in [-0.2, -0.15) is 0 Å². The second kappa shape index (κ2) is 26.6. The van der Waals surface area contributed by atoms with E-state index in [9.17, 15) is 4.79 Å². The van der Waals surface area contributed by atoms with E-state index in [-0.39, 0.29) is 5.12 Å². The molecule has 2 aromatic rings. The number of anilines is 1. The smallest absolute Gasteiger partial charge is 0.192 e. The van der Waals surface area contributed by atoms with Crippen molar-refractivity contribution in [1.29, 1.82) is 0 Å². The van der Waals surface area contributed by atoms with Gasteiger partial charge in [0.1, 0.15) is 11.7 Å². The van der Waals surface area contributed by atoms with Gasteiger partial charge in [0.15, 0.2) is 11.0 Å². The normalized spacial score (nSPS) is 15.3. The SMILES string of the molecule is CCC/C=C\C/C=C\C/C=C\C/C=C\C/C=C\CCCC(=O)SCOC1=Nc2cc(OCCCCN3CCN(c4cccc(Cl)c4Cl)CC3)ccc2CC1. The van der Waals surface area contributed by atoms with Gasteiger partial charge in [-0.1, -0.05) is 109 Å². The number of carbonyl (C=O) groups excluding carboxylic acids is 1. The number of unbranched alkanes of at least 4 members (excludes halogenated alkanes) is 3. The van der Waals surface area contributed by atoms with Crippen LogP contribution >= 0.6 is 35.0 Å². The maximum atomic E-state index is 12.4. The van der Waals surface area contributed by atoms with Crippen LogP contribution in [0.3, 0.4) is 0 Å². The molecule has 0 amide bonds. The summed E-state index contributed by atoms with van der Waals surface area (Å²) in [5.41, 5.74) is 3.12. The van der Waals surface area contributed by atoms with Gasteiger partial charge in [0.25, 0.3) is 0 Å². The average Bonchev–Trinajstić information content (AvgIpc) is 3.18. The number of hydrogen-bond donors (Lipinski definition) is 0. The highest BCUT2D eigenvalue weighted by Gasteiger charge is 2.20. The van der Waals surface area contributed by atoms with Crippen LogP contribution in [-0.2, 0) is 16.0 Å². The molecular weight excluding hydrogens is 733 g/mol. The van der Waals surface area contributed by atoms with Crippen molar-refractivity contribution in [3.63, 3.8) is 0 Å². The minimum absolute atomic E-state index is 0.162. The highest BCUT2D eigenvalue weighted by atomic mass is 35.5. The third-order valence-electron chi connectivity index (χ3n) is 9.27. The van der Waals surface area contributed by atoms with E-state index >= 15 is 0 Å². The van der Waals surface area contributed by atoms with Crippen molar-refractivity contribution in [2.45, 2.75) is 90.4 Å². The Morgan fingerprint density at radius 1 is 0.796 bits per heavy atom. The van der Waals surface area contributed by atoms with Crippen LogP contribution < -0.4 is 9.64 Å². The average molecular weight is 793 g/mol. The zero-order chi connectivity index (χ0) is 38.1. The molecule has 4 rings (SSSR count). The summed E-state index contributed by atoms with van der Waals surface area (Å²) in [5, 5.41) is 1.41. The molecule has 9 heteroatoms. The number of carbonyl (C=O) groups is 1. The number of hydrogen-bond acceptors (Lipinski definition) is 7. The van der Waals surface area contributed by atoms with E-state index in [1.807, 2.05) is 30.3 Å². The molecule has 0 aliphatic carbocycles. The van der Waals surface area contributed by atoms with Crippen molar-refractivity contribution >= 4 is 57.4 Å². The van der Waals surface area contributed by atoms with Gasteiger partial charge in [-0.15, -0.1) is 0 Å². The van der Waals surface area contributed by atoms with E-state index in [2.05, 4.69) is 83.6 Å². The second-order valence-corrected chi connectivity index (χ2v) is 15.3. The van der Waals surface area contributed by atoms with Crippen molar-refractivity contribution in [2.24, 2.45) is 4.99 Å². The Hall–Kier alpha value is -3.23. The number of rotatable bonds is 23. The van der Waals surface area contributed by atoms with Crippen LogP contribution in [0.2, 0.25) is 10.0 Å². The zero-order valence-electron chi connectivity index (χ0n) is 32.1. The molecule has 2 aliphatic heterocycles. The molecule has 2 aromatic carbocycles. The highest BCUT2D eigenvalue weighted by molar-refractivity contribution is 8.13. The molecule has 1 saturated heterocycles. The van der Waals surface area contributed by atoms with E-state index < -0.39 is 0 Å². The number of benzene rings is 2. The number of aliphatic imine (C=N–C) groups is 1. The van der Waals surface area contributed by atoms with Gasteiger partial charge in [0.05, 0.1) is 28.0 Å². The molecule has 1 fully saturated rings. The lowest BCUT2D eigenvalue weighted by Gasteiger charge is -2.36. The zero-order valence-corrected chi connectivity index (χ0v) is 34.4. The van der Waals surface area contributed by atoms with Gasteiger partial charge in [0, 0.05) is 45.1 Å². The Morgan fingerprint density at radius 3 is 2.19 bits per heavy atom. The third-order valence-corrected chi connectivity index (χ3v) is 10.8. The molecule has 0 unspecified atom stereocenters. The molecule has 0 saturated carbocycles. The Morgan fingerprint density at radius 2 is 1.48 bits per heavy atom. The lowest BCUT2D eigenvalue weighted by atomic mass is 10.0. The predicted octanol–water partition coefficient (Wildman–Crippen LogP) is 12.5. The number of halogens is 2. The summed E-state index contributed by atoms with van der Waals surface area (Å²) in [6.45, 7) is 7.83. The molecule has 0 radical (unpaired) electrons. The van der Waals surface area contributed by atoms with Crippen LogP contribution in [-0.4, -0.2) is 61.2 Å². The quantitative estimate of drug-likeness (QED) is 0.0635. The van der Waals surface area contributed by atoms with Crippen molar-refractivity contribution in [1.82, 2.24) is 4.90 Å². The van der Waals surface area contributed by atoms with Gasteiger partial charge >= 0.3 is 0 Å². The van der Waals surface area contributed by atoms with Crippen LogP contribution in [0.4, 0.5) is 11.4 Å². The van der Waals surface area contributed by atoms with E-state index in [1.54, 1.807) is 0 Å². The molecule has 0 N–H and O–H groups in total. The standard InChI is InChI=1S/C45H59Cl2N3O3S/c1-2-3-4-5-6-7-8-9-10-11-12-13-14-15-16-17-18-19-25-44(51)54-37-53-43-29-27-38-26-28-39(36-41(38)48-43)52-35-21-20-30-49-31-33-50(34-32-49)42-24-22-23-40(46)45(42)47/h4-5,7-8,10-11,13-14,16-17,22-24,26,28,36H,2-3,6,9,12,15,18-21,25,27,29-35,37H2,1H3/b5-4-,8-7-,11-10-,14-13-,17-16-. The Bertz CT molecular complexity index is 1590. The fraction of sp³-hybridized carbons (Fsp3) is 0.467. The number of aryl methyl sites for hydroxylation is 1. The monoisotopic (exact) mass is 791 g/mol. The maximum Gasteiger partial charge on any atom is 0.192 e. The summed E-state index contributed by atoms with van der Waals surface area (Å²) in [4.78, 5) is 22.0. The first kappa shape index (κ1) is 43.5. The summed E-state index contributed by atoms with van der Waals surface area (Å²) in [6.07, 6.45) is 34.4. The Balaban J connectivity index is 1.01. The van der Waals surface area contributed by atoms with Gasteiger partial charge in [-0.3, -0.25) is 9.69 Å². The lowest BCUT2D eigenvalue weighted by Crippen LogP contribution is -2.46. The first-order chi connectivity index (χ1) is 26.5. The second-order valence-electron chi connectivity index (χ2n) is 13.5. The number of piperazine rings is 1. The number of fused-ring (bicyclic) bond motifs is 1. The number of nitrogens with zero attached hydrogens (tertiary/aromatic N) is 3.